The Hall–Kier alpha value is -1.93. The van der Waals surface area contributed by atoms with Gasteiger partial charge in [-0.05, 0) is 31.9 Å². The Bertz CT molecular complexity index is 500. The average molecular weight is 290 g/mol. The maximum absolute atomic E-state index is 9.34. The van der Waals surface area contributed by atoms with Crippen LogP contribution in [-0.2, 0) is 0 Å². The molecule has 5 nitrogen and oxygen atoms in total. The highest BCUT2D eigenvalue weighted by atomic mass is 16.5. The fourth-order valence-electron chi connectivity index (χ4n) is 2.16. The van der Waals surface area contributed by atoms with Crippen molar-refractivity contribution in [1.29, 1.82) is 5.26 Å². The van der Waals surface area contributed by atoms with Crippen LogP contribution < -0.4 is 19.5 Å². The van der Waals surface area contributed by atoms with E-state index in [-0.39, 0.29) is 0 Å². The van der Waals surface area contributed by atoms with Gasteiger partial charge in [-0.1, -0.05) is 6.07 Å². The van der Waals surface area contributed by atoms with Crippen LogP contribution in [0.3, 0.4) is 0 Å². The summed E-state index contributed by atoms with van der Waals surface area (Å²) in [5.74, 6) is 1.83. The SMILES string of the molecule is COc1cccc(OC)c1OCCC(C)(C#N)NC1CC1. The molecular weight excluding hydrogens is 268 g/mol. The molecule has 0 bridgehead atoms. The van der Waals surface area contributed by atoms with Crippen molar-refractivity contribution in [2.45, 2.75) is 37.8 Å². The van der Waals surface area contributed by atoms with E-state index in [4.69, 9.17) is 14.2 Å². The van der Waals surface area contributed by atoms with Crippen molar-refractivity contribution in [1.82, 2.24) is 5.32 Å². The van der Waals surface area contributed by atoms with Gasteiger partial charge in [0.2, 0.25) is 5.75 Å². The summed E-state index contributed by atoms with van der Waals surface area (Å²) in [6.45, 7) is 2.33. The second-order valence-corrected chi connectivity index (χ2v) is 5.45. The van der Waals surface area contributed by atoms with Gasteiger partial charge in [-0.25, -0.2) is 0 Å². The minimum Gasteiger partial charge on any atom is -0.493 e. The van der Waals surface area contributed by atoms with E-state index in [9.17, 15) is 5.26 Å². The lowest BCUT2D eigenvalue weighted by atomic mass is 10.0. The number of nitriles is 1. The van der Waals surface area contributed by atoms with Gasteiger partial charge in [0, 0.05) is 12.5 Å². The number of nitrogens with one attached hydrogen (secondary N) is 1. The smallest absolute Gasteiger partial charge is 0.203 e. The van der Waals surface area contributed by atoms with Crippen LogP contribution in [0.2, 0.25) is 0 Å². The Morgan fingerprint density at radius 3 is 2.38 bits per heavy atom. The Kier molecular flexibility index (Phi) is 4.92. The second-order valence-electron chi connectivity index (χ2n) is 5.45. The number of nitrogens with zero attached hydrogens (tertiary/aromatic N) is 1. The van der Waals surface area contributed by atoms with Crippen molar-refractivity contribution < 1.29 is 14.2 Å². The zero-order valence-corrected chi connectivity index (χ0v) is 12.8. The molecular formula is C16H22N2O3. The summed E-state index contributed by atoms with van der Waals surface area (Å²) in [6, 6.07) is 8.31. The van der Waals surface area contributed by atoms with Crippen LogP contribution in [0.25, 0.3) is 0 Å². The van der Waals surface area contributed by atoms with Gasteiger partial charge >= 0.3 is 0 Å². The Morgan fingerprint density at radius 2 is 1.90 bits per heavy atom. The first-order valence-corrected chi connectivity index (χ1v) is 7.14. The maximum atomic E-state index is 9.34. The number of benzene rings is 1. The number of hydrogen-bond acceptors (Lipinski definition) is 5. The summed E-state index contributed by atoms with van der Waals surface area (Å²) in [5.41, 5.74) is -0.559. The third kappa shape index (κ3) is 4.02. The first-order chi connectivity index (χ1) is 10.1. The van der Waals surface area contributed by atoms with Gasteiger partial charge in [0.25, 0.3) is 0 Å². The summed E-state index contributed by atoms with van der Waals surface area (Å²) < 4.78 is 16.4. The standard InChI is InChI=1S/C16H22N2O3/c1-16(11-17,18-12-7-8-12)9-10-21-15-13(19-2)5-4-6-14(15)20-3/h4-6,12,18H,7-10H2,1-3H3. The third-order valence-electron chi connectivity index (χ3n) is 3.58. The van der Waals surface area contributed by atoms with E-state index in [1.165, 1.54) is 0 Å². The second kappa shape index (κ2) is 6.68. The summed E-state index contributed by atoms with van der Waals surface area (Å²) in [6.07, 6.45) is 2.90. The maximum Gasteiger partial charge on any atom is 0.203 e. The molecule has 0 radical (unpaired) electrons. The molecule has 1 aliphatic rings. The Balaban J connectivity index is 1.97. The van der Waals surface area contributed by atoms with Crippen molar-refractivity contribution in [3.8, 4) is 23.3 Å². The molecule has 1 aromatic carbocycles. The van der Waals surface area contributed by atoms with Gasteiger partial charge in [-0.3, -0.25) is 5.32 Å². The number of ether oxygens (including phenoxy) is 3. The monoisotopic (exact) mass is 290 g/mol. The Morgan fingerprint density at radius 1 is 1.29 bits per heavy atom. The molecule has 1 saturated carbocycles. The molecule has 5 heteroatoms. The highest BCUT2D eigenvalue weighted by Crippen LogP contribution is 2.37. The molecule has 21 heavy (non-hydrogen) atoms. The largest absolute Gasteiger partial charge is 0.493 e. The molecule has 2 rings (SSSR count). The molecule has 1 atom stereocenters. The zero-order valence-electron chi connectivity index (χ0n) is 12.8. The minimum absolute atomic E-state index is 0.417. The van der Waals surface area contributed by atoms with Gasteiger partial charge in [-0.2, -0.15) is 5.26 Å². The van der Waals surface area contributed by atoms with E-state index in [0.29, 0.717) is 36.3 Å². The quantitative estimate of drug-likeness (QED) is 0.797. The summed E-state index contributed by atoms with van der Waals surface area (Å²) in [5, 5.41) is 12.7. The van der Waals surface area contributed by atoms with Crippen LogP contribution in [0.1, 0.15) is 26.2 Å². The van der Waals surface area contributed by atoms with Crippen LogP contribution in [0.15, 0.2) is 18.2 Å². The van der Waals surface area contributed by atoms with Crippen LogP contribution in [0.4, 0.5) is 0 Å². The van der Waals surface area contributed by atoms with Crippen LogP contribution in [0.5, 0.6) is 17.2 Å². The van der Waals surface area contributed by atoms with Crippen molar-refractivity contribution in [2.24, 2.45) is 0 Å². The molecule has 114 valence electrons. The molecule has 0 aromatic heterocycles. The molecule has 0 spiro atoms. The van der Waals surface area contributed by atoms with Crippen molar-refractivity contribution in [3.63, 3.8) is 0 Å². The third-order valence-corrected chi connectivity index (χ3v) is 3.58. The fraction of sp³-hybridized carbons (Fsp3) is 0.562. The predicted octanol–water partition coefficient (Wildman–Crippen LogP) is 2.51. The average Bonchev–Trinajstić information content (AvgIpc) is 3.31. The number of hydrogen-bond donors (Lipinski definition) is 1. The summed E-state index contributed by atoms with van der Waals surface area (Å²) in [7, 11) is 3.19. The van der Waals surface area contributed by atoms with Crippen molar-refractivity contribution in [3.05, 3.63) is 18.2 Å². The van der Waals surface area contributed by atoms with Gasteiger partial charge in [0.05, 0.1) is 26.9 Å². The lowest BCUT2D eigenvalue weighted by Crippen LogP contribution is -2.43. The first kappa shape index (κ1) is 15.5. The van der Waals surface area contributed by atoms with Gasteiger partial charge in [-0.15, -0.1) is 0 Å². The summed E-state index contributed by atoms with van der Waals surface area (Å²) >= 11 is 0. The molecule has 1 aromatic rings. The normalized spacial score (nSPS) is 16.7. The van der Waals surface area contributed by atoms with Gasteiger partial charge < -0.3 is 14.2 Å². The highest BCUT2D eigenvalue weighted by Gasteiger charge is 2.32. The molecule has 0 aliphatic heterocycles. The first-order valence-electron chi connectivity index (χ1n) is 7.14. The van der Waals surface area contributed by atoms with Gasteiger partial charge in [0.1, 0.15) is 5.54 Å². The molecule has 1 N–H and O–H groups in total. The molecule has 1 unspecified atom stereocenters. The topological polar surface area (TPSA) is 63.5 Å². The number of rotatable bonds is 8. The Labute approximate surface area is 125 Å². The molecule has 1 aliphatic carbocycles. The molecule has 0 amide bonds. The van der Waals surface area contributed by atoms with Gasteiger partial charge in [0.15, 0.2) is 11.5 Å². The summed E-state index contributed by atoms with van der Waals surface area (Å²) in [4.78, 5) is 0. The van der Waals surface area contributed by atoms with E-state index >= 15 is 0 Å². The van der Waals surface area contributed by atoms with E-state index in [0.717, 1.165) is 12.8 Å². The predicted molar refractivity (Wildman–Crippen MR) is 79.8 cm³/mol. The minimum atomic E-state index is -0.559. The fourth-order valence-corrected chi connectivity index (χ4v) is 2.16. The van der Waals surface area contributed by atoms with E-state index in [2.05, 4.69) is 11.4 Å². The number of methoxy groups -OCH3 is 2. The highest BCUT2D eigenvalue weighted by molar-refractivity contribution is 5.51. The lowest BCUT2D eigenvalue weighted by molar-refractivity contribution is 0.243. The van der Waals surface area contributed by atoms with E-state index in [1.807, 2.05) is 25.1 Å². The molecule has 0 heterocycles. The van der Waals surface area contributed by atoms with Crippen molar-refractivity contribution >= 4 is 0 Å². The van der Waals surface area contributed by atoms with E-state index < -0.39 is 5.54 Å². The zero-order chi connectivity index (χ0) is 15.3. The van der Waals surface area contributed by atoms with Crippen LogP contribution >= 0.6 is 0 Å². The van der Waals surface area contributed by atoms with Crippen LogP contribution in [0, 0.1) is 11.3 Å². The van der Waals surface area contributed by atoms with Crippen molar-refractivity contribution in [2.75, 3.05) is 20.8 Å². The lowest BCUT2D eigenvalue weighted by Gasteiger charge is -2.23. The molecule has 1 fully saturated rings. The number of para-hydroxylation sites is 1. The van der Waals surface area contributed by atoms with E-state index in [1.54, 1.807) is 14.2 Å². The molecule has 0 saturated heterocycles. The van der Waals surface area contributed by atoms with Crippen LogP contribution in [-0.4, -0.2) is 32.4 Å².